The molecule has 0 fully saturated rings. The van der Waals surface area contributed by atoms with Crippen LogP contribution >= 0.6 is 0 Å². The number of nitrogens with one attached hydrogen (secondary N) is 2. The van der Waals surface area contributed by atoms with Gasteiger partial charge in [0.05, 0.1) is 5.92 Å². The molecular formula is C22H23N3O3. The summed E-state index contributed by atoms with van der Waals surface area (Å²) < 4.78 is 0. The molecule has 0 saturated carbocycles. The molecule has 0 bridgehead atoms. The van der Waals surface area contributed by atoms with Gasteiger partial charge in [0.15, 0.2) is 0 Å². The Morgan fingerprint density at radius 3 is 2.32 bits per heavy atom. The number of carbonyl (C=O) groups is 2. The fourth-order valence-electron chi connectivity index (χ4n) is 3.11. The van der Waals surface area contributed by atoms with E-state index in [1.54, 1.807) is 13.0 Å². The van der Waals surface area contributed by atoms with E-state index in [1.165, 1.54) is 6.20 Å². The van der Waals surface area contributed by atoms with Crippen LogP contribution in [0, 0.1) is 5.92 Å². The van der Waals surface area contributed by atoms with E-state index in [0.717, 1.165) is 16.7 Å². The molecule has 6 heteroatoms. The Morgan fingerprint density at radius 2 is 1.71 bits per heavy atom. The molecule has 1 heterocycles. The highest BCUT2D eigenvalue weighted by atomic mass is 16.4. The van der Waals surface area contributed by atoms with Gasteiger partial charge in [0.25, 0.3) is 5.91 Å². The van der Waals surface area contributed by atoms with E-state index < -0.39 is 11.9 Å². The fraction of sp³-hybridized carbons (Fsp3) is 0.227. The van der Waals surface area contributed by atoms with Crippen molar-refractivity contribution >= 4 is 11.9 Å². The Labute approximate surface area is 163 Å². The van der Waals surface area contributed by atoms with Gasteiger partial charge in [-0.1, -0.05) is 61.5 Å². The predicted octanol–water partition coefficient (Wildman–Crippen LogP) is 3.53. The zero-order chi connectivity index (χ0) is 19.9. The summed E-state index contributed by atoms with van der Waals surface area (Å²) in [6.45, 7) is 1.65. The summed E-state index contributed by atoms with van der Waals surface area (Å²) >= 11 is 0. The third-order valence-corrected chi connectivity index (χ3v) is 4.68. The number of carboxylic acids is 1. The Balaban J connectivity index is 1.72. The van der Waals surface area contributed by atoms with E-state index in [9.17, 15) is 14.7 Å². The zero-order valence-electron chi connectivity index (χ0n) is 15.6. The Morgan fingerprint density at radius 1 is 1.04 bits per heavy atom. The van der Waals surface area contributed by atoms with E-state index in [4.69, 9.17) is 0 Å². The van der Waals surface area contributed by atoms with Crippen LogP contribution in [0.5, 0.6) is 0 Å². The van der Waals surface area contributed by atoms with Crippen molar-refractivity contribution in [3.8, 4) is 11.1 Å². The zero-order valence-corrected chi connectivity index (χ0v) is 15.6. The SMILES string of the molecule is C[C@H](C[C@@H](Cc1ccc(-c2ccccc2)cc1)NC(=O)c1ccn[nH]1)C(=O)O. The maximum atomic E-state index is 12.4. The molecule has 3 aromatic rings. The molecule has 144 valence electrons. The number of aromatic nitrogens is 2. The molecule has 2 aromatic carbocycles. The number of H-pyrrole nitrogens is 1. The third kappa shape index (κ3) is 5.07. The van der Waals surface area contributed by atoms with Crippen molar-refractivity contribution in [2.24, 2.45) is 5.92 Å². The highest BCUT2D eigenvalue weighted by Crippen LogP contribution is 2.20. The number of carboxylic acid groups (broad SMARTS) is 1. The number of rotatable bonds is 8. The van der Waals surface area contributed by atoms with E-state index in [1.807, 2.05) is 42.5 Å². The molecule has 3 rings (SSSR count). The number of carbonyl (C=O) groups excluding carboxylic acids is 1. The first-order valence-electron chi connectivity index (χ1n) is 9.20. The average Bonchev–Trinajstić information content (AvgIpc) is 3.24. The van der Waals surface area contributed by atoms with Crippen molar-refractivity contribution in [1.29, 1.82) is 0 Å². The van der Waals surface area contributed by atoms with Gasteiger partial charge in [0.1, 0.15) is 5.69 Å². The van der Waals surface area contributed by atoms with Crippen LogP contribution in [0.25, 0.3) is 11.1 Å². The van der Waals surface area contributed by atoms with Gasteiger partial charge in [0, 0.05) is 12.2 Å². The second kappa shape index (κ2) is 8.99. The first-order valence-corrected chi connectivity index (χ1v) is 9.20. The molecule has 0 aliphatic rings. The first-order chi connectivity index (χ1) is 13.5. The van der Waals surface area contributed by atoms with Crippen molar-refractivity contribution in [3.63, 3.8) is 0 Å². The van der Waals surface area contributed by atoms with Crippen LogP contribution in [-0.2, 0) is 11.2 Å². The average molecular weight is 377 g/mol. The minimum absolute atomic E-state index is 0.291. The quantitative estimate of drug-likeness (QED) is 0.560. The maximum absolute atomic E-state index is 12.4. The van der Waals surface area contributed by atoms with Crippen LogP contribution in [0.3, 0.4) is 0 Å². The Bertz CT molecular complexity index is 906. The molecule has 0 aliphatic carbocycles. The van der Waals surface area contributed by atoms with Crippen LogP contribution in [0.15, 0.2) is 66.9 Å². The fourth-order valence-corrected chi connectivity index (χ4v) is 3.11. The summed E-state index contributed by atoms with van der Waals surface area (Å²) in [5.74, 6) is -1.73. The van der Waals surface area contributed by atoms with Crippen molar-refractivity contribution in [1.82, 2.24) is 15.5 Å². The van der Waals surface area contributed by atoms with Crippen molar-refractivity contribution in [3.05, 3.63) is 78.1 Å². The van der Waals surface area contributed by atoms with E-state index in [2.05, 4.69) is 27.6 Å². The third-order valence-electron chi connectivity index (χ3n) is 4.68. The summed E-state index contributed by atoms with van der Waals surface area (Å²) in [7, 11) is 0. The van der Waals surface area contributed by atoms with E-state index >= 15 is 0 Å². The molecular weight excluding hydrogens is 354 g/mol. The highest BCUT2D eigenvalue weighted by Gasteiger charge is 2.21. The van der Waals surface area contributed by atoms with Gasteiger partial charge in [-0.2, -0.15) is 5.10 Å². The highest BCUT2D eigenvalue weighted by molar-refractivity contribution is 5.92. The number of benzene rings is 2. The second-order valence-corrected chi connectivity index (χ2v) is 6.88. The summed E-state index contributed by atoms with van der Waals surface area (Å²) in [5, 5.41) is 18.6. The van der Waals surface area contributed by atoms with Crippen LogP contribution < -0.4 is 5.32 Å². The smallest absolute Gasteiger partial charge is 0.306 e. The monoisotopic (exact) mass is 377 g/mol. The molecule has 3 N–H and O–H groups in total. The molecule has 0 radical (unpaired) electrons. The topological polar surface area (TPSA) is 95.1 Å². The second-order valence-electron chi connectivity index (χ2n) is 6.88. The lowest BCUT2D eigenvalue weighted by molar-refractivity contribution is -0.141. The number of hydrogen-bond donors (Lipinski definition) is 3. The Kier molecular flexibility index (Phi) is 6.22. The lowest BCUT2D eigenvalue weighted by Crippen LogP contribution is -2.38. The number of aliphatic carboxylic acids is 1. The normalized spacial score (nSPS) is 12.9. The summed E-state index contributed by atoms with van der Waals surface area (Å²) in [4.78, 5) is 23.6. The maximum Gasteiger partial charge on any atom is 0.306 e. The van der Waals surface area contributed by atoms with Gasteiger partial charge in [-0.05, 0) is 35.6 Å². The summed E-state index contributed by atoms with van der Waals surface area (Å²) in [5.41, 5.74) is 3.64. The van der Waals surface area contributed by atoms with E-state index in [-0.39, 0.29) is 11.9 Å². The predicted molar refractivity (Wildman–Crippen MR) is 107 cm³/mol. The standard InChI is InChI=1S/C22H23N3O3/c1-15(22(27)28)13-19(24-21(26)20-11-12-23-25-20)14-16-7-9-18(10-8-16)17-5-3-2-4-6-17/h2-12,15,19H,13-14H2,1H3,(H,23,25)(H,24,26)(H,27,28)/t15-,19+/m1/s1. The molecule has 0 saturated heterocycles. The lowest BCUT2D eigenvalue weighted by Gasteiger charge is -2.21. The molecule has 0 aliphatic heterocycles. The van der Waals surface area contributed by atoms with Crippen LogP contribution in [0.2, 0.25) is 0 Å². The first kappa shape index (κ1) is 19.4. The number of hydrogen-bond acceptors (Lipinski definition) is 3. The van der Waals surface area contributed by atoms with Gasteiger partial charge < -0.3 is 10.4 Å². The summed E-state index contributed by atoms with van der Waals surface area (Å²) in [6, 6.07) is 19.5. The molecule has 0 unspecified atom stereocenters. The molecule has 1 aromatic heterocycles. The van der Waals surface area contributed by atoms with Crippen molar-refractivity contribution in [2.45, 2.75) is 25.8 Å². The molecule has 0 spiro atoms. The molecule has 1 amide bonds. The minimum atomic E-state index is -0.875. The lowest BCUT2D eigenvalue weighted by atomic mass is 9.95. The van der Waals surface area contributed by atoms with E-state index in [0.29, 0.717) is 18.5 Å². The van der Waals surface area contributed by atoms with Crippen LogP contribution in [0.4, 0.5) is 0 Å². The van der Waals surface area contributed by atoms with Gasteiger partial charge in [-0.15, -0.1) is 0 Å². The number of nitrogens with zero attached hydrogens (tertiary/aromatic N) is 1. The minimum Gasteiger partial charge on any atom is -0.481 e. The molecule has 28 heavy (non-hydrogen) atoms. The molecule has 6 nitrogen and oxygen atoms in total. The van der Waals surface area contributed by atoms with Crippen LogP contribution in [-0.4, -0.2) is 33.2 Å². The van der Waals surface area contributed by atoms with Gasteiger partial charge in [0.2, 0.25) is 0 Å². The largest absolute Gasteiger partial charge is 0.481 e. The van der Waals surface area contributed by atoms with Gasteiger partial charge in [-0.3, -0.25) is 14.7 Å². The van der Waals surface area contributed by atoms with Crippen LogP contribution in [0.1, 0.15) is 29.4 Å². The van der Waals surface area contributed by atoms with Gasteiger partial charge >= 0.3 is 5.97 Å². The van der Waals surface area contributed by atoms with Gasteiger partial charge in [-0.25, -0.2) is 0 Å². The molecule has 2 atom stereocenters. The summed E-state index contributed by atoms with van der Waals surface area (Å²) in [6.07, 6.45) is 2.40. The number of aromatic amines is 1. The Hall–Kier alpha value is -3.41. The van der Waals surface area contributed by atoms with Crippen molar-refractivity contribution < 1.29 is 14.7 Å². The number of amides is 1. The van der Waals surface area contributed by atoms with Crippen molar-refractivity contribution in [2.75, 3.05) is 0 Å².